The molecular formula is C15H20N4. The first-order chi connectivity index (χ1) is 9.24. The van der Waals surface area contributed by atoms with Crippen molar-refractivity contribution in [2.75, 3.05) is 11.9 Å². The number of para-hydroxylation sites is 1. The van der Waals surface area contributed by atoms with Gasteiger partial charge >= 0.3 is 0 Å². The first-order valence-electron chi connectivity index (χ1n) is 6.94. The predicted molar refractivity (Wildman–Crippen MR) is 78.2 cm³/mol. The highest BCUT2D eigenvalue weighted by Gasteiger charge is 2.23. The minimum atomic E-state index is 0.377. The summed E-state index contributed by atoms with van der Waals surface area (Å²) in [7, 11) is 2.09. The summed E-state index contributed by atoms with van der Waals surface area (Å²) in [6.07, 6.45) is 6.37. The van der Waals surface area contributed by atoms with Crippen LogP contribution < -0.4 is 10.6 Å². The van der Waals surface area contributed by atoms with Crippen LogP contribution >= 0.6 is 0 Å². The smallest absolute Gasteiger partial charge is 0.225 e. The van der Waals surface area contributed by atoms with E-state index in [1.165, 1.54) is 0 Å². The molecule has 4 nitrogen and oxygen atoms in total. The van der Waals surface area contributed by atoms with Crippen molar-refractivity contribution in [2.24, 2.45) is 5.73 Å². The number of nitrogens with zero attached hydrogens (tertiary/aromatic N) is 3. The van der Waals surface area contributed by atoms with Gasteiger partial charge in [0.25, 0.3) is 0 Å². The van der Waals surface area contributed by atoms with Crippen LogP contribution in [0.25, 0.3) is 10.9 Å². The average Bonchev–Trinajstić information content (AvgIpc) is 2.47. The summed E-state index contributed by atoms with van der Waals surface area (Å²) in [6, 6.07) is 8.99. The summed E-state index contributed by atoms with van der Waals surface area (Å²) in [4.78, 5) is 11.3. The van der Waals surface area contributed by atoms with Crippen LogP contribution in [0.1, 0.15) is 25.7 Å². The highest BCUT2D eigenvalue weighted by atomic mass is 15.2. The van der Waals surface area contributed by atoms with Crippen LogP contribution in [-0.4, -0.2) is 29.1 Å². The molecule has 4 heteroatoms. The molecule has 0 radical (unpaired) electrons. The molecule has 1 aliphatic rings. The Morgan fingerprint density at radius 2 is 1.89 bits per heavy atom. The summed E-state index contributed by atoms with van der Waals surface area (Å²) >= 11 is 0. The van der Waals surface area contributed by atoms with Gasteiger partial charge in [-0.25, -0.2) is 9.97 Å². The van der Waals surface area contributed by atoms with Gasteiger partial charge in [-0.15, -0.1) is 0 Å². The summed E-state index contributed by atoms with van der Waals surface area (Å²) in [5.74, 6) is 0.819. The number of benzene rings is 1. The van der Waals surface area contributed by atoms with E-state index in [-0.39, 0.29) is 0 Å². The van der Waals surface area contributed by atoms with E-state index >= 15 is 0 Å². The number of nitrogens with two attached hydrogens (primary N) is 1. The fourth-order valence-corrected chi connectivity index (χ4v) is 2.78. The van der Waals surface area contributed by atoms with E-state index in [1.807, 2.05) is 30.5 Å². The van der Waals surface area contributed by atoms with Gasteiger partial charge in [-0.3, -0.25) is 0 Å². The van der Waals surface area contributed by atoms with Gasteiger partial charge in [0.1, 0.15) is 0 Å². The van der Waals surface area contributed by atoms with E-state index in [2.05, 4.69) is 21.9 Å². The average molecular weight is 256 g/mol. The molecular weight excluding hydrogens is 236 g/mol. The SMILES string of the molecule is CN(c1ncc2ccccc2n1)C1CCC(N)CC1. The molecule has 0 aliphatic heterocycles. The first kappa shape index (κ1) is 12.4. The minimum absolute atomic E-state index is 0.377. The maximum absolute atomic E-state index is 5.96. The predicted octanol–water partition coefficient (Wildman–Crippen LogP) is 2.34. The molecule has 1 fully saturated rings. The van der Waals surface area contributed by atoms with Gasteiger partial charge < -0.3 is 10.6 Å². The number of anilines is 1. The fourth-order valence-electron chi connectivity index (χ4n) is 2.78. The van der Waals surface area contributed by atoms with Crippen molar-refractivity contribution >= 4 is 16.9 Å². The Bertz CT molecular complexity index is 561. The van der Waals surface area contributed by atoms with E-state index in [4.69, 9.17) is 5.73 Å². The molecule has 1 aromatic heterocycles. The topological polar surface area (TPSA) is 55.0 Å². The number of hydrogen-bond acceptors (Lipinski definition) is 4. The van der Waals surface area contributed by atoms with Crippen molar-refractivity contribution in [1.29, 1.82) is 0 Å². The lowest BCUT2D eigenvalue weighted by molar-refractivity contribution is 0.382. The normalized spacial score (nSPS) is 23.5. The van der Waals surface area contributed by atoms with Crippen molar-refractivity contribution < 1.29 is 0 Å². The Hall–Kier alpha value is -1.68. The van der Waals surface area contributed by atoms with Crippen LogP contribution in [0.15, 0.2) is 30.5 Å². The highest BCUT2D eigenvalue weighted by Crippen LogP contribution is 2.24. The van der Waals surface area contributed by atoms with Gasteiger partial charge in [0.2, 0.25) is 5.95 Å². The van der Waals surface area contributed by atoms with E-state index < -0.39 is 0 Å². The van der Waals surface area contributed by atoms with Gasteiger partial charge in [0.15, 0.2) is 0 Å². The Labute approximate surface area is 113 Å². The lowest BCUT2D eigenvalue weighted by Crippen LogP contribution is -2.39. The Morgan fingerprint density at radius 1 is 1.16 bits per heavy atom. The molecule has 1 aliphatic carbocycles. The first-order valence-corrected chi connectivity index (χ1v) is 6.94. The maximum atomic E-state index is 5.96. The van der Waals surface area contributed by atoms with Crippen molar-refractivity contribution in [3.05, 3.63) is 30.5 Å². The van der Waals surface area contributed by atoms with Crippen LogP contribution in [0, 0.1) is 0 Å². The molecule has 3 rings (SSSR count). The van der Waals surface area contributed by atoms with Gasteiger partial charge in [0.05, 0.1) is 5.52 Å². The molecule has 0 atom stereocenters. The van der Waals surface area contributed by atoms with Crippen LogP contribution in [0.5, 0.6) is 0 Å². The lowest BCUT2D eigenvalue weighted by Gasteiger charge is -2.33. The van der Waals surface area contributed by atoms with Crippen molar-refractivity contribution in [3.63, 3.8) is 0 Å². The van der Waals surface area contributed by atoms with Gasteiger partial charge in [-0.1, -0.05) is 18.2 Å². The molecule has 0 amide bonds. The molecule has 1 aromatic carbocycles. The fraction of sp³-hybridized carbons (Fsp3) is 0.467. The van der Waals surface area contributed by atoms with Crippen LogP contribution in [-0.2, 0) is 0 Å². The van der Waals surface area contributed by atoms with Gasteiger partial charge in [-0.05, 0) is 31.7 Å². The number of rotatable bonds is 2. The van der Waals surface area contributed by atoms with Crippen molar-refractivity contribution in [2.45, 2.75) is 37.8 Å². The molecule has 19 heavy (non-hydrogen) atoms. The second kappa shape index (κ2) is 5.13. The van der Waals surface area contributed by atoms with E-state index in [0.29, 0.717) is 12.1 Å². The molecule has 2 aromatic rings. The molecule has 1 saturated carbocycles. The largest absolute Gasteiger partial charge is 0.341 e. The quantitative estimate of drug-likeness (QED) is 0.896. The second-order valence-electron chi connectivity index (χ2n) is 5.41. The zero-order chi connectivity index (χ0) is 13.2. The number of aromatic nitrogens is 2. The lowest BCUT2D eigenvalue weighted by atomic mass is 9.91. The van der Waals surface area contributed by atoms with Gasteiger partial charge in [-0.2, -0.15) is 0 Å². The summed E-state index contributed by atoms with van der Waals surface area (Å²) in [6.45, 7) is 0. The standard InChI is InChI=1S/C15H20N4/c1-19(13-8-6-12(16)7-9-13)15-17-10-11-4-2-3-5-14(11)18-15/h2-5,10,12-13H,6-9,16H2,1H3. The molecule has 0 unspecified atom stereocenters. The van der Waals surface area contributed by atoms with Gasteiger partial charge in [0, 0.05) is 30.7 Å². The van der Waals surface area contributed by atoms with E-state index in [0.717, 1.165) is 42.5 Å². The highest BCUT2D eigenvalue weighted by molar-refractivity contribution is 5.78. The summed E-state index contributed by atoms with van der Waals surface area (Å²) in [5.41, 5.74) is 6.97. The Morgan fingerprint density at radius 3 is 2.68 bits per heavy atom. The summed E-state index contributed by atoms with van der Waals surface area (Å²) < 4.78 is 0. The monoisotopic (exact) mass is 256 g/mol. The third-order valence-corrected chi connectivity index (χ3v) is 4.08. The van der Waals surface area contributed by atoms with Crippen LogP contribution in [0.4, 0.5) is 5.95 Å². The molecule has 0 saturated heterocycles. The van der Waals surface area contributed by atoms with Crippen molar-refractivity contribution in [1.82, 2.24) is 9.97 Å². The maximum Gasteiger partial charge on any atom is 0.225 e. The Kier molecular flexibility index (Phi) is 3.34. The number of fused-ring (bicyclic) bond motifs is 1. The second-order valence-corrected chi connectivity index (χ2v) is 5.41. The molecule has 1 heterocycles. The third kappa shape index (κ3) is 2.54. The van der Waals surface area contributed by atoms with Crippen LogP contribution in [0.2, 0.25) is 0 Å². The molecule has 0 spiro atoms. The minimum Gasteiger partial charge on any atom is -0.341 e. The molecule has 2 N–H and O–H groups in total. The van der Waals surface area contributed by atoms with Crippen LogP contribution in [0.3, 0.4) is 0 Å². The number of hydrogen-bond donors (Lipinski definition) is 1. The zero-order valence-electron chi connectivity index (χ0n) is 11.3. The summed E-state index contributed by atoms with van der Waals surface area (Å²) in [5, 5.41) is 1.09. The van der Waals surface area contributed by atoms with E-state index in [9.17, 15) is 0 Å². The molecule has 0 bridgehead atoms. The zero-order valence-corrected chi connectivity index (χ0v) is 11.3. The van der Waals surface area contributed by atoms with E-state index in [1.54, 1.807) is 0 Å². The molecule has 100 valence electrons. The van der Waals surface area contributed by atoms with Crippen molar-refractivity contribution in [3.8, 4) is 0 Å². The Balaban J connectivity index is 1.83. The third-order valence-electron chi connectivity index (χ3n) is 4.08.